The number of quaternary nitrogens is 1. The minimum absolute atomic E-state index is 0.0340. The summed E-state index contributed by atoms with van der Waals surface area (Å²) in [6, 6.07) is 16.5. The van der Waals surface area contributed by atoms with Crippen LogP contribution in [0.4, 0.5) is 0 Å². The fourth-order valence-corrected chi connectivity index (χ4v) is 3.99. The van der Waals surface area contributed by atoms with Gasteiger partial charge in [0.05, 0.1) is 32.1 Å². The van der Waals surface area contributed by atoms with Crippen LogP contribution in [0, 0.1) is 13.8 Å². The van der Waals surface area contributed by atoms with Crippen molar-refractivity contribution >= 4 is 17.7 Å². The van der Waals surface area contributed by atoms with Gasteiger partial charge in [-0.1, -0.05) is 60.3 Å². The van der Waals surface area contributed by atoms with Crippen molar-refractivity contribution in [3.05, 3.63) is 65.2 Å². The summed E-state index contributed by atoms with van der Waals surface area (Å²) < 4.78 is 1.71. The molecule has 0 spiro atoms. The summed E-state index contributed by atoms with van der Waals surface area (Å²) >= 11 is 1.34. The normalized spacial score (nSPS) is 12.2. The van der Waals surface area contributed by atoms with E-state index in [-0.39, 0.29) is 17.7 Å². The maximum atomic E-state index is 12.5. The van der Waals surface area contributed by atoms with Crippen LogP contribution in [0.3, 0.4) is 0 Å². The number of tetrazole rings is 1. The van der Waals surface area contributed by atoms with Crippen LogP contribution in [-0.2, 0) is 4.79 Å². The van der Waals surface area contributed by atoms with E-state index in [1.54, 1.807) is 4.68 Å². The van der Waals surface area contributed by atoms with Gasteiger partial charge in [0.15, 0.2) is 0 Å². The second-order valence-electron chi connectivity index (χ2n) is 7.25. The molecule has 1 heterocycles. The summed E-state index contributed by atoms with van der Waals surface area (Å²) in [4.78, 5) is 13.7. The molecule has 0 saturated carbocycles. The van der Waals surface area contributed by atoms with Crippen molar-refractivity contribution in [2.45, 2.75) is 25.0 Å². The number of amides is 1. The number of likely N-dealkylation sites (N-methyl/N-ethyl adjacent to an activating group) is 1. The molecule has 8 heteroatoms. The van der Waals surface area contributed by atoms with Crippen LogP contribution >= 0.6 is 11.8 Å². The Kier molecular flexibility index (Phi) is 7.00. The molecule has 1 atom stereocenters. The number of nitrogens with one attached hydrogen (secondary N) is 2. The molecule has 0 bridgehead atoms. The number of para-hydroxylation sites is 1. The zero-order valence-corrected chi connectivity index (χ0v) is 18.0. The van der Waals surface area contributed by atoms with E-state index in [1.807, 2.05) is 50.2 Å². The van der Waals surface area contributed by atoms with Crippen LogP contribution < -0.4 is 10.2 Å². The summed E-state index contributed by atoms with van der Waals surface area (Å²) in [5, 5.41) is 15.7. The number of benzene rings is 2. The van der Waals surface area contributed by atoms with E-state index in [0.29, 0.717) is 11.7 Å². The molecule has 3 aromatic rings. The zero-order valence-electron chi connectivity index (χ0n) is 17.2. The zero-order chi connectivity index (χ0) is 20.8. The summed E-state index contributed by atoms with van der Waals surface area (Å²) in [7, 11) is 4.19. The lowest BCUT2D eigenvalue weighted by atomic mass is 10.1. The first kappa shape index (κ1) is 21.0. The number of hydrogen-bond donors (Lipinski definition) is 2. The molecule has 1 aromatic heterocycles. The number of carbonyl (C=O) groups excluding carboxylic acids is 1. The van der Waals surface area contributed by atoms with Crippen molar-refractivity contribution in [2.24, 2.45) is 0 Å². The van der Waals surface area contributed by atoms with Gasteiger partial charge >= 0.3 is 0 Å². The van der Waals surface area contributed by atoms with Crippen LogP contribution in [0.2, 0.25) is 0 Å². The Morgan fingerprint density at radius 1 is 1.10 bits per heavy atom. The molecule has 0 aliphatic carbocycles. The Bertz CT molecular complexity index is 937. The van der Waals surface area contributed by atoms with Crippen molar-refractivity contribution in [1.82, 2.24) is 25.5 Å². The van der Waals surface area contributed by atoms with E-state index in [9.17, 15) is 4.79 Å². The molecule has 152 valence electrons. The largest absolute Gasteiger partial charge is 0.349 e. The Hall–Kier alpha value is -2.71. The van der Waals surface area contributed by atoms with Crippen LogP contribution in [0.15, 0.2) is 53.7 Å². The minimum atomic E-state index is -0.0340. The number of rotatable bonds is 8. The maximum Gasteiger partial charge on any atom is 0.230 e. The molecule has 0 aliphatic heterocycles. The molecule has 3 rings (SSSR count). The van der Waals surface area contributed by atoms with Gasteiger partial charge < -0.3 is 10.2 Å². The molecule has 0 fully saturated rings. The third-order valence-corrected chi connectivity index (χ3v) is 5.75. The van der Waals surface area contributed by atoms with Crippen LogP contribution in [0.25, 0.3) is 5.69 Å². The van der Waals surface area contributed by atoms with Crippen LogP contribution in [0.1, 0.15) is 22.7 Å². The van der Waals surface area contributed by atoms with E-state index < -0.39 is 0 Å². The first-order valence-electron chi connectivity index (χ1n) is 9.57. The lowest BCUT2D eigenvalue weighted by Gasteiger charge is -2.22. The Morgan fingerprint density at radius 3 is 2.45 bits per heavy atom. The second kappa shape index (κ2) is 9.67. The van der Waals surface area contributed by atoms with Crippen LogP contribution in [-0.4, -0.2) is 52.5 Å². The first-order valence-corrected chi connectivity index (χ1v) is 10.6. The SMILES string of the molecule is Cc1cccc(C)c1-n1nnnc1SCC(=O)NC[C@@H](c1ccccc1)[NH+](C)C. The molecular formula is C21H27N6OS+. The van der Waals surface area contributed by atoms with Crippen molar-refractivity contribution in [3.8, 4) is 5.69 Å². The summed E-state index contributed by atoms with van der Waals surface area (Å²) in [5.41, 5.74) is 4.34. The number of thioether (sulfide) groups is 1. The molecule has 0 radical (unpaired) electrons. The lowest BCUT2D eigenvalue weighted by Crippen LogP contribution is -3.07. The minimum Gasteiger partial charge on any atom is -0.349 e. The van der Waals surface area contributed by atoms with Gasteiger partial charge in [-0.05, 0) is 35.4 Å². The predicted molar refractivity (Wildman–Crippen MR) is 114 cm³/mol. The monoisotopic (exact) mass is 411 g/mol. The van der Waals surface area contributed by atoms with Crippen LogP contribution in [0.5, 0.6) is 0 Å². The topological polar surface area (TPSA) is 77.1 Å². The molecule has 0 aliphatic rings. The second-order valence-corrected chi connectivity index (χ2v) is 8.19. The lowest BCUT2D eigenvalue weighted by molar-refractivity contribution is -0.890. The van der Waals surface area contributed by atoms with Gasteiger partial charge in [0.2, 0.25) is 11.1 Å². The number of nitrogens with zero attached hydrogens (tertiary/aromatic N) is 4. The number of carbonyl (C=O) groups is 1. The van der Waals surface area contributed by atoms with Crippen molar-refractivity contribution in [3.63, 3.8) is 0 Å². The average Bonchev–Trinajstić information content (AvgIpc) is 3.15. The fourth-order valence-electron chi connectivity index (χ4n) is 3.29. The van der Waals surface area contributed by atoms with Crippen molar-refractivity contribution in [1.29, 1.82) is 0 Å². The summed E-state index contributed by atoms with van der Waals surface area (Å²) in [6.07, 6.45) is 0. The molecule has 29 heavy (non-hydrogen) atoms. The quantitative estimate of drug-likeness (QED) is 0.548. The van der Waals surface area contributed by atoms with E-state index in [4.69, 9.17) is 0 Å². The predicted octanol–water partition coefficient (Wildman–Crippen LogP) is 1.37. The van der Waals surface area contributed by atoms with Gasteiger partial charge in [-0.25, -0.2) is 0 Å². The molecule has 0 saturated heterocycles. The highest BCUT2D eigenvalue weighted by Crippen LogP contribution is 2.23. The number of hydrogen-bond acceptors (Lipinski definition) is 5. The van der Waals surface area contributed by atoms with Gasteiger partial charge in [0.1, 0.15) is 6.04 Å². The first-order chi connectivity index (χ1) is 14.0. The molecular weight excluding hydrogens is 384 g/mol. The van der Waals surface area contributed by atoms with Gasteiger partial charge in [0, 0.05) is 5.56 Å². The van der Waals surface area contributed by atoms with E-state index in [1.165, 1.54) is 22.2 Å². The third-order valence-electron chi connectivity index (χ3n) is 4.83. The number of aryl methyl sites for hydroxylation is 2. The number of aromatic nitrogens is 4. The van der Waals surface area contributed by atoms with E-state index in [2.05, 4.69) is 47.1 Å². The highest BCUT2D eigenvalue weighted by Gasteiger charge is 2.19. The highest BCUT2D eigenvalue weighted by atomic mass is 32.2. The van der Waals surface area contributed by atoms with Gasteiger partial charge in [-0.3, -0.25) is 4.79 Å². The smallest absolute Gasteiger partial charge is 0.230 e. The molecule has 2 N–H and O–H groups in total. The summed E-state index contributed by atoms with van der Waals surface area (Å²) in [5.74, 6) is 0.225. The molecule has 0 unspecified atom stereocenters. The van der Waals surface area contributed by atoms with Gasteiger partial charge in [-0.2, -0.15) is 4.68 Å². The van der Waals surface area contributed by atoms with Gasteiger partial charge in [-0.15, -0.1) is 5.10 Å². The van der Waals surface area contributed by atoms with Gasteiger partial charge in [0.25, 0.3) is 0 Å². The summed E-state index contributed by atoms with van der Waals surface area (Å²) in [6.45, 7) is 4.63. The maximum absolute atomic E-state index is 12.5. The molecule has 2 aromatic carbocycles. The fraction of sp³-hybridized carbons (Fsp3) is 0.333. The molecule has 1 amide bonds. The Balaban J connectivity index is 1.61. The Morgan fingerprint density at radius 2 is 1.79 bits per heavy atom. The van der Waals surface area contributed by atoms with E-state index in [0.717, 1.165) is 16.8 Å². The van der Waals surface area contributed by atoms with Crippen molar-refractivity contribution in [2.75, 3.05) is 26.4 Å². The standard InChI is InChI=1S/C21H26N6OS/c1-15-9-8-10-16(2)20(15)27-21(23-24-25-27)29-14-19(28)22-13-18(26(3)4)17-11-6-5-7-12-17/h5-12,18H,13-14H2,1-4H3,(H,22,28)/p+1/t18-/m0/s1. The third kappa shape index (κ3) is 5.21. The van der Waals surface area contributed by atoms with Crippen molar-refractivity contribution < 1.29 is 9.69 Å². The highest BCUT2D eigenvalue weighted by molar-refractivity contribution is 7.99. The van der Waals surface area contributed by atoms with E-state index >= 15 is 0 Å². The Labute approximate surface area is 175 Å². The molecule has 7 nitrogen and oxygen atoms in total. The average molecular weight is 412 g/mol.